The average Bonchev–Trinajstić information content (AvgIpc) is 1.68. The molecule has 2 aliphatic carbocycles. The summed E-state index contributed by atoms with van der Waals surface area (Å²) in [6, 6.07) is 91.1. The molecule has 87 heavy (non-hydrogen) atoms. The molecule has 0 bridgehead atoms. The molecule has 1 spiro atoms. The van der Waals surface area contributed by atoms with Crippen LogP contribution in [0.3, 0.4) is 0 Å². The van der Waals surface area contributed by atoms with Crippen molar-refractivity contribution in [1.82, 2.24) is 4.57 Å². The highest BCUT2D eigenvalue weighted by Crippen LogP contribution is 2.64. The third-order valence-corrected chi connectivity index (χ3v) is 16.7. The summed E-state index contributed by atoms with van der Waals surface area (Å²) in [5.41, 5.74) is 18.6. The predicted octanol–water partition coefficient (Wildman–Crippen LogP) is 23.1. The first kappa shape index (κ1) is 59.7. The summed E-state index contributed by atoms with van der Waals surface area (Å²) >= 11 is 0. The number of para-hydroxylation sites is 1. The maximum Gasteiger partial charge on any atom is 0.0714 e. The zero-order chi connectivity index (χ0) is 60.9. The Kier molecular flexibility index (Phi) is 18.6. The Bertz CT molecular complexity index is 4470. The van der Waals surface area contributed by atoms with Gasteiger partial charge in [0.2, 0.25) is 0 Å². The number of aromatic nitrogens is 1. The second kappa shape index (κ2) is 27.0. The van der Waals surface area contributed by atoms with E-state index < -0.39 is 10.8 Å². The minimum Gasteiger partial charge on any atom is -0.359 e. The first-order valence-corrected chi connectivity index (χ1v) is 30.1. The molecule has 0 amide bonds. The fourth-order valence-electron chi connectivity index (χ4n) is 13.1. The maximum atomic E-state index is 4.93. The predicted molar refractivity (Wildman–Crippen MR) is 380 cm³/mol. The summed E-state index contributed by atoms with van der Waals surface area (Å²) in [4.78, 5) is 0. The van der Waals surface area contributed by atoms with Crippen LogP contribution in [0.2, 0.25) is 0 Å². The molecule has 3 heteroatoms. The van der Waals surface area contributed by atoms with E-state index >= 15 is 0 Å². The number of anilines is 3. The van der Waals surface area contributed by atoms with Crippen LogP contribution in [0.5, 0.6) is 0 Å². The van der Waals surface area contributed by atoms with E-state index in [1.54, 1.807) is 12.2 Å². The number of nitrogens with zero attached hydrogens (tertiary/aromatic N) is 1. The molecular weight excluding hydrogens is 1050 g/mol. The van der Waals surface area contributed by atoms with Crippen molar-refractivity contribution >= 4 is 72.1 Å². The molecule has 428 valence electrons. The van der Waals surface area contributed by atoms with Crippen molar-refractivity contribution in [3.63, 3.8) is 0 Å². The number of fused-ring (bicyclic) bond motifs is 11. The first-order valence-electron chi connectivity index (χ1n) is 30.1. The first-order chi connectivity index (χ1) is 42.6. The van der Waals surface area contributed by atoms with Gasteiger partial charge in [0, 0.05) is 55.4 Å². The van der Waals surface area contributed by atoms with Crippen molar-refractivity contribution in [1.29, 1.82) is 0 Å². The molecule has 1 heterocycles. The van der Waals surface area contributed by atoms with Gasteiger partial charge in [-0.25, -0.2) is 0 Å². The van der Waals surface area contributed by atoms with Gasteiger partial charge in [0.15, 0.2) is 0 Å². The molecule has 0 saturated carbocycles. The van der Waals surface area contributed by atoms with Crippen LogP contribution < -0.4 is 10.6 Å². The van der Waals surface area contributed by atoms with E-state index in [4.69, 9.17) is 13.2 Å². The van der Waals surface area contributed by atoms with Gasteiger partial charge in [0.1, 0.15) is 0 Å². The number of benzene rings is 11. The molecule has 0 radical (unpaired) electrons. The smallest absolute Gasteiger partial charge is 0.0714 e. The summed E-state index contributed by atoms with van der Waals surface area (Å²) < 4.78 is 2.45. The van der Waals surface area contributed by atoms with E-state index in [1.165, 1.54) is 71.2 Å². The molecule has 0 fully saturated rings. The van der Waals surface area contributed by atoms with E-state index in [0.29, 0.717) is 0 Å². The van der Waals surface area contributed by atoms with Gasteiger partial charge in [0.25, 0.3) is 0 Å². The minimum atomic E-state index is -0.633. The molecule has 12 aromatic rings. The van der Waals surface area contributed by atoms with Gasteiger partial charge in [-0.2, -0.15) is 0 Å². The molecule has 14 rings (SSSR count). The summed E-state index contributed by atoms with van der Waals surface area (Å²) in [5.74, 6) is 0. The molecule has 2 aliphatic rings. The lowest BCUT2D eigenvalue weighted by molar-refractivity contribution is 0.535. The molecule has 2 N–H and O–H groups in total. The number of nitrogens with one attached hydrogen (secondary N) is 2. The molecule has 1 aromatic heterocycles. The lowest BCUT2D eigenvalue weighted by Gasteiger charge is -2.50. The zero-order valence-electron chi connectivity index (χ0n) is 50.6. The second-order valence-electron chi connectivity index (χ2n) is 21.9. The Morgan fingerprint density at radius 3 is 1.63 bits per heavy atom. The van der Waals surface area contributed by atoms with Gasteiger partial charge in [-0.3, -0.25) is 0 Å². The highest BCUT2D eigenvalue weighted by atomic mass is 15.0. The number of hydrogen-bond acceptors (Lipinski definition) is 2. The SMILES string of the molecule is C=CC.C=CC.C=CCCC(=C)Nc1cccc2ccccc12.C=Cc1ccccc1C1(CC)c2ccccc2C2(C(=C)C(=C)c3ccccc32)c2cc(-n3c4ccccc4c4cc(Nc5cccc6ccccc56)ccc43)ccc21.c1ccccc1. The molecule has 0 aliphatic heterocycles. The monoisotopic (exact) mass is 1130 g/mol. The molecule has 0 saturated heterocycles. The van der Waals surface area contributed by atoms with E-state index in [-0.39, 0.29) is 0 Å². The molecule has 3 nitrogen and oxygen atoms in total. The van der Waals surface area contributed by atoms with Crippen molar-refractivity contribution in [3.8, 4) is 5.69 Å². The molecular formula is C84H77N3. The van der Waals surface area contributed by atoms with Gasteiger partial charge >= 0.3 is 0 Å². The fraction of sp³-hybridized carbons (Fsp3) is 0.0952. The zero-order valence-corrected chi connectivity index (χ0v) is 50.6. The second-order valence-corrected chi connectivity index (χ2v) is 21.9. The maximum absolute atomic E-state index is 4.93. The van der Waals surface area contributed by atoms with Gasteiger partial charge < -0.3 is 15.2 Å². The van der Waals surface area contributed by atoms with Crippen LogP contribution in [-0.4, -0.2) is 4.57 Å². The fourth-order valence-corrected chi connectivity index (χ4v) is 13.1. The summed E-state index contributed by atoms with van der Waals surface area (Å²) in [7, 11) is 0. The highest BCUT2D eigenvalue weighted by Gasteiger charge is 2.56. The van der Waals surface area contributed by atoms with Crippen LogP contribution in [0.25, 0.3) is 60.7 Å². The topological polar surface area (TPSA) is 29.0 Å². The normalized spacial score (nSPS) is 14.9. The largest absolute Gasteiger partial charge is 0.359 e. The third-order valence-electron chi connectivity index (χ3n) is 16.7. The summed E-state index contributed by atoms with van der Waals surface area (Å²) in [6.45, 7) is 34.5. The molecule has 2 unspecified atom stereocenters. The lowest BCUT2D eigenvalue weighted by Crippen LogP contribution is -2.44. The Morgan fingerprint density at radius 1 is 0.471 bits per heavy atom. The highest BCUT2D eigenvalue weighted by molar-refractivity contribution is 6.11. The lowest BCUT2D eigenvalue weighted by atomic mass is 9.52. The van der Waals surface area contributed by atoms with Crippen LogP contribution in [0.1, 0.15) is 84.5 Å². The quantitative estimate of drug-likeness (QED) is 0.126. The van der Waals surface area contributed by atoms with Crippen molar-refractivity contribution in [2.45, 2.75) is 50.9 Å². The standard InChI is InChI=1S/C56H42N2.C16H17N.C6H6.2C3H6/c1-5-38-18-8-12-24-46(38)55(6-2)48-26-14-15-27-50(48)56(37(4)36(3)42-21-10-13-25-47(42)56)51-35-41(31-32-49(51)55)58-53-29-16-11-23-44(53)45-34-40(30-33-54(45)58)57-52-28-17-20-39-19-7-9-22-43(39)52;1-3-4-8-13(2)17-16-12-7-10-14-9-5-6-11-15(14)16;1-2-4-6-5-3-1;2*1-3-2/h5,7-35,57H,1,3-4,6H2,2H3;3,5-7,9-12,17H,1-2,4,8H2;1-6H;2*3H,1H2,2H3. The third kappa shape index (κ3) is 11.2. The van der Waals surface area contributed by atoms with Gasteiger partial charge in [-0.05, 0) is 148 Å². The van der Waals surface area contributed by atoms with Crippen LogP contribution >= 0.6 is 0 Å². The Balaban J connectivity index is 0.000000238. The number of allylic oxidation sites excluding steroid dienone is 6. The van der Waals surface area contributed by atoms with Crippen molar-refractivity contribution in [2.24, 2.45) is 0 Å². The van der Waals surface area contributed by atoms with Crippen LogP contribution in [0.15, 0.2) is 330 Å². The van der Waals surface area contributed by atoms with Gasteiger partial charge in [-0.15, -0.1) is 19.7 Å². The van der Waals surface area contributed by atoms with Crippen molar-refractivity contribution < 1.29 is 0 Å². The van der Waals surface area contributed by atoms with Gasteiger partial charge in [-0.1, -0.05) is 264 Å². The van der Waals surface area contributed by atoms with Crippen LogP contribution in [-0.2, 0) is 10.8 Å². The Morgan fingerprint density at radius 2 is 0.989 bits per heavy atom. The van der Waals surface area contributed by atoms with E-state index in [1.807, 2.05) is 62.4 Å². The van der Waals surface area contributed by atoms with E-state index in [2.05, 4.69) is 273 Å². The molecule has 2 atom stereocenters. The van der Waals surface area contributed by atoms with E-state index in [0.717, 1.165) is 75.5 Å². The summed E-state index contributed by atoms with van der Waals surface area (Å²) in [5, 5.41) is 14.4. The Labute approximate surface area is 515 Å². The Hall–Kier alpha value is -10.5. The molecule has 11 aromatic carbocycles. The summed E-state index contributed by atoms with van der Waals surface area (Å²) in [6.07, 6.45) is 10.2. The average molecular weight is 1130 g/mol. The minimum absolute atomic E-state index is 0.442. The number of hydrogen-bond donors (Lipinski definition) is 2. The van der Waals surface area contributed by atoms with Crippen LogP contribution in [0.4, 0.5) is 17.1 Å². The van der Waals surface area contributed by atoms with Crippen LogP contribution in [0, 0.1) is 0 Å². The van der Waals surface area contributed by atoms with Crippen molar-refractivity contribution in [2.75, 3.05) is 10.6 Å². The van der Waals surface area contributed by atoms with E-state index in [9.17, 15) is 0 Å². The number of rotatable bonds is 11. The van der Waals surface area contributed by atoms with Crippen molar-refractivity contribution in [3.05, 3.63) is 375 Å². The van der Waals surface area contributed by atoms with Gasteiger partial charge in [0.05, 0.1) is 16.4 Å².